The van der Waals surface area contributed by atoms with E-state index in [1.165, 1.54) is 17.7 Å². The molecule has 3 rings (SSSR count). The van der Waals surface area contributed by atoms with Crippen LogP contribution in [0.3, 0.4) is 0 Å². The molecule has 8 heteroatoms. The van der Waals surface area contributed by atoms with Gasteiger partial charge in [0.1, 0.15) is 5.75 Å². The van der Waals surface area contributed by atoms with Crippen molar-refractivity contribution in [3.8, 4) is 5.75 Å². The number of halogens is 1. The average Bonchev–Trinajstić information content (AvgIpc) is 2.78. The van der Waals surface area contributed by atoms with Crippen LogP contribution in [0.5, 0.6) is 5.75 Å². The first kappa shape index (κ1) is 24.7. The fraction of sp³-hybridized carbons (Fsp3) is 0.458. The number of nitrogens with one attached hydrogen (secondary N) is 1. The lowest BCUT2D eigenvalue weighted by Crippen LogP contribution is -2.37. The summed E-state index contributed by atoms with van der Waals surface area (Å²) < 4.78 is 33.6. The number of benzene rings is 2. The van der Waals surface area contributed by atoms with Crippen LogP contribution in [0.2, 0.25) is 0 Å². The number of anilines is 1. The summed E-state index contributed by atoms with van der Waals surface area (Å²) in [5.41, 5.74) is 1.74. The molecule has 6 nitrogen and oxygen atoms in total. The van der Waals surface area contributed by atoms with Crippen molar-refractivity contribution in [3.63, 3.8) is 0 Å². The van der Waals surface area contributed by atoms with Crippen LogP contribution in [0.25, 0.3) is 0 Å². The number of amides is 1. The summed E-state index contributed by atoms with van der Waals surface area (Å²) in [7, 11) is -3.50. The molecule has 1 N–H and O–H groups in total. The molecule has 2 aromatic rings. The molecule has 0 aliphatic carbocycles. The number of nitrogens with zero attached hydrogens (tertiary/aromatic N) is 1. The molecule has 1 aliphatic rings. The second-order valence-electron chi connectivity index (χ2n) is 8.45. The van der Waals surface area contributed by atoms with Crippen molar-refractivity contribution in [1.82, 2.24) is 4.31 Å². The monoisotopic (exact) mass is 522 g/mol. The minimum Gasteiger partial charge on any atom is -0.483 e. The predicted molar refractivity (Wildman–Crippen MR) is 131 cm³/mol. The summed E-state index contributed by atoms with van der Waals surface area (Å²) in [6.45, 7) is 7.40. The molecular formula is C24H31BrN2O4S. The highest BCUT2D eigenvalue weighted by atomic mass is 79.9. The number of carbonyl (C=O) groups excluding carboxylic acids is 1. The topological polar surface area (TPSA) is 75.7 Å². The smallest absolute Gasteiger partial charge is 0.262 e. The normalized spacial score (nSPS) is 16.5. The lowest BCUT2D eigenvalue weighted by Gasteiger charge is -2.29. The molecule has 1 aliphatic heterocycles. The minimum absolute atomic E-state index is 0.146. The van der Waals surface area contributed by atoms with Crippen LogP contribution in [-0.4, -0.2) is 38.3 Å². The number of sulfonamides is 1. The lowest BCUT2D eigenvalue weighted by molar-refractivity contribution is -0.118. The van der Waals surface area contributed by atoms with Gasteiger partial charge in [-0.05, 0) is 89.0 Å². The van der Waals surface area contributed by atoms with Crippen molar-refractivity contribution in [3.05, 3.63) is 52.5 Å². The van der Waals surface area contributed by atoms with Crippen LogP contribution in [0.15, 0.2) is 51.8 Å². The van der Waals surface area contributed by atoms with E-state index in [1.54, 1.807) is 16.4 Å². The molecule has 1 heterocycles. The molecule has 2 aromatic carbocycles. The van der Waals surface area contributed by atoms with Gasteiger partial charge in [0.15, 0.2) is 6.61 Å². The SMILES string of the molecule is CCC(C)c1ccc(OCC(=O)Nc2ccc(S(=O)(=O)N3CCC(C)CC3)cc2)c(Br)c1. The zero-order valence-corrected chi connectivity index (χ0v) is 21.2. The Morgan fingerprint density at radius 3 is 2.44 bits per heavy atom. The molecule has 0 radical (unpaired) electrons. The Labute approximate surface area is 199 Å². The molecule has 1 unspecified atom stereocenters. The fourth-order valence-corrected chi connectivity index (χ4v) is 5.58. The Bertz CT molecular complexity index is 1030. The Hall–Kier alpha value is -1.90. The zero-order valence-electron chi connectivity index (χ0n) is 18.8. The molecule has 0 saturated carbocycles. The maximum atomic E-state index is 12.8. The van der Waals surface area contributed by atoms with E-state index in [9.17, 15) is 13.2 Å². The molecule has 0 bridgehead atoms. The molecular weight excluding hydrogens is 492 g/mol. The number of hydrogen-bond acceptors (Lipinski definition) is 4. The molecule has 1 saturated heterocycles. The van der Waals surface area contributed by atoms with Gasteiger partial charge in [0, 0.05) is 18.8 Å². The number of ether oxygens (including phenoxy) is 1. The van der Waals surface area contributed by atoms with Crippen molar-refractivity contribution in [2.24, 2.45) is 5.92 Å². The Morgan fingerprint density at radius 2 is 1.84 bits per heavy atom. The second-order valence-corrected chi connectivity index (χ2v) is 11.2. The van der Waals surface area contributed by atoms with E-state index >= 15 is 0 Å². The van der Waals surface area contributed by atoms with Crippen molar-refractivity contribution < 1.29 is 17.9 Å². The van der Waals surface area contributed by atoms with Crippen molar-refractivity contribution in [2.45, 2.75) is 50.8 Å². The van der Waals surface area contributed by atoms with E-state index in [2.05, 4.69) is 42.0 Å². The van der Waals surface area contributed by atoms with Crippen LogP contribution in [-0.2, 0) is 14.8 Å². The van der Waals surface area contributed by atoms with Gasteiger partial charge < -0.3 is 10.1 Å². The number of rotatable bonds is 8. The van der Waals surface area contributed by atoms with Gasteiger partial charge in [0.25, 0.3) is 5.91 Å². The average molecular weight is 523 g/mol. The second kappa shape index (κ2) is 10.8. The van der Waals surface area contributed by atoms with Gasteiger partial charge in [-0.25, -0.2) is 8.42 Å². The van der Waals surface area contributed by atoms with Crippen molar-refractivity contribution in [1.29, 1.82) is 0 Å². The third-order valence-electron chi connectivity index (χ3n) is 6.01. The first-order chi connectivity index (χ1) is 15.2. The first-order valence-electron chi connectivity index (χ1n) is 11.0. The third-order valence-corrected chi connectivity index (χ3v) is 8.55. The van der Waals surface area contributed by atoms with E-state index < -0.39 is 10.0 Å². The van der Waals surface area contributed by atoms with Crippen LogP contribution >= 0.6 is 15.9 Å². The summed E-state index contributed by atoms with van der Waals surface area (Å²) in [6.07, 6.45) is 2.81. The molecule has 174 valence electrons. The van der Waals surface area contributed by atoms with Crippen LogP contribution in [0.4, 0.5) is 5.69 Å². The molecule has 32 heavy (non-hydrogen) atoms. The largest absolute Gasteiger partial charge is 0.483 e. The maximum absolute atomic E-state index is 12.8. The van der Waals surface area contributed by atoms with E-state index in [4.69, 9.17) is 4.74 Å². The summed E-state index contributed by atoms with van der Waals surface area (Å²) in [4.78, 5) is 12.5. The molecule has 1 amide bonds. The van der Waals surface area contributed by atoms with Gasteiger partial charge in [-0.15, -0.1) is 0 Å². The highest BCUT2D eigenvalue weighted by Crippen LogP contribution is 2.30. The van der Waals surface area contributed by atoms with Crippen LogP contribution in [0, 0.1) is 5.92 Å². The van der Waals surface area contributed by atoms with Gasteiger partial charge in [-0.1, -0.05) is 26.8 Å². The summed E-state index contributed by atoms with van der Waals surface area (Å²) >= 11 is 3.51. The van der Waals surface area contributed by atoms with Crippen LogP contribution < -0.4 is 10.1 Å². The third kappa shape index (κ3) is 6.11. The van der Waals surface area contributed by atoms with Crippen molar-refractivity contribution >= 4 is 37.5 Å². The number of carbonyl (C=O) groups is 1. The Balaban J connectivity index is 1.56. The van der Waals surface area contributed by atoms with Gasteiger partial charge in [-0.3, -0.25) is 4.79 Å². The molecule has 0 spiro atoms. The minimum atomic E-state index is -3.50. The molecule has 0 aromatic heterocycles. The number of hydrogen-bond donors (Lipinski definition) is 1. The quantitative estimate of drug-likeness (QED) is 0.503. The Kier molecular flexibility index (Phi) is 8.36. The van der Waals surface area contributed by atoms with E-state index in [1.807, 2.05) is 18.2 Å². The fourth-order valence-electron chi connectivity index (χ4n) is 3.60. The van der Waals surface area contributed by atoms with E-state index in [-0.39, 0.29) is 17.4 Å². The first-order valence-corrected chi connectivity index (χ1v) is 13.3. The standard InChI is InChI=1S/C24H31BrN2O4S/c1-4-18(3)19-5-10-23(22(25)15-19)31-16-24(28)26-20-6-8-21(9-7-20)32(29,30)27-13-11-17(2)12-14-27/h5-10,15,17-18H,4,11-14,16H2,1-3H3,(H,26,28). The molecule has 1 fully saturated rings. The summed E-state index contributed by atoms with van der Waals surface area (Å²) in [5.74, 6) is 1.29. The summed E-state index contributed by atoms with van der Waals surface area (Å²) in [5, 5.41) is 2.75. The summed E-state index contributed by atoms with van der Waals surface area (Å²) in [6, 6.07) is 12.2. The van der Waals surface area contributed by atoms with Gasteiger partial charge in [0.2, 0.25) is 10.0 Å². The molecule has 1 atom stereocenters. The van der Waals surface area contributed by atoms with Gasteiger partial charge in [0.05, 0.1) is 9.37 Å². The highest BCUT2D eigenvalue weighted by molar-refractivity contribution is 9.10. The van der Waals surface area contributed by atoms with Gasteiger partial charge >= 0.3 is 0 Å². The lowest BCUT2D eigenvalue weighted by atomic mass is 9.99. The van der Waals surface area contributed by atoms with E-state index in [0.717, 1.165) is 23.7 Å². The Morgan fingerprint density at radius 1 is 1.19 bits per heavy atom. The predicted octanol–water partition coefficient (Wildman–Crippen LogP) is 5.40. The maximum Gasteiger partial charge on any atom is 0.262 e. The highest BCUT2D eigenvalue weighted by Gasteiger charge is 2.27. The zero-order chi connectivity index (χ0) is 23.3. The van der Waals surface area contributed by atoms with Crippen molar-refractivity contribution in [2.75, 3.05) is 25.0 Å². The number of piperidine rings is 1. The van der Waals surface area contributed by atoms with Gasteiger partial charge in [-0.2, -0.15) is 4.31 Å². The van der Waals surface area contributed by atoms with E-state index in [0.29, 0.717) is 36.4 Å². The van der Waals surface area contributed by atoms with Crippen LogP contribution in [0.1, 0.15) is 51.5 Å².